The van der Waals surface area contributed by atoms with Crippen LogP contribution in [0.25, 0.3) is 0 Å². The Morgan fingerprint density at radius 1 is 0.576 bits per heavy atom. The Morgan fingerprint density at radius 2 is 1.00 bits per heavy atom. The van der Waals surface area contributed by atoms with Crippen molar-refractivity contribution < 1.29 is 87.3 Å². The Balaban J connectivity index is -0.000000342. The molecule has 0 aromatic heterocycles. The van der Waals surface area contributed by atoms with Crippen molar-refractivity contribution in [3.63, 3.8) is 0 Å². The molecule has 0 spiro atoms. The summed E-state index contributed by atoms with van der Waals surface area (Å²) in [6.45, 7) is 9.26. The van der Waals surface area contributed by atoms with Crippen molar-refractivity contribution in [1.29, 1.82) is 0 Å². The van der Waals surface area contributed by atoms with E-state index in [0.717, 1.165) is 94.9 Å². The Morgan fingerprint density at radius 3 is 1.41 bits per heavy atom. The van der Waals surface area contributed by atoms with Crippen molar-refractivity contribution in [3.05, 3.63) is 24.3 Å². The number of ketones is 3. The van der Waals surface area contributed by atoms with E-state index in [1.54, 1.807) is 20.8 Å². The second-order valence-electron chi connectivity index (χ2n) is 15.7. The zero-order valence-electron chi connectivity index (χ0n) is 39.0. The van der Waals surface area contributed by atoms with Gasteiger partial charge in [0.1, 0.15) is 23.6 Å². The summed E-state index contributed by atoms with van der Waals surface area (Å²) in [7, 11) is 1.21. The van der Waals surface area contributed by atoms with Crippen LogP contribution in [0.15, 0.2) is 24.3 Å². The van der Waals surface area contributed by atoms with Crippen LogP contribution >= 0.6 is 0 Å². The topological polar surface area (TPSA) is 281 Å². The van der Waals surface area contributed by atoms with E-state index in [1.807, 2.05) is 0 Å². The molecule has 18 nitrogen and oxygen atoms in total. The van der Waals surface area contributed by atoms with Crippen molar-refractivity contribution in [2.24, 2.45) is 0 Å². The van der Waals surface area contributed by atoms with Gasteiger partial charge in [-0.15, -0.1) is 0 Å². The van der Waals surface area contributed by atoms with Crippen LogP contribution in [0.3, 0.4) is 0 Å². The van der Waals surface area contributed by atoms with Crippen LogP contribution in [0.5, 0.6) is 0 Å². The van der Waals surface area contributed by atoms with Gasteiger partial charge in [-0.3, -0.25) is 19.2 Å². The molecular weight excluding hydrogens is 865 g/mol. The van der Waals surface area contributed by atoms with Gasteiger partial charge >= 0.3 is 35.8 Å². The molecule has 0 radical (unpaired) electrons. The predicted molar refractivity (Wildman–Crippen MR) is 248 cm³/mol. The lowest BCUT2D eigenvalue weighted by molar-refractivity contribution is -0.158. The minimum atomic E-state index is -1.27. The number of aliphatic carboxylic acids is 2. The normalized spacial score (nSPS) is 11.5. The molecular formula is C48H84O18. The lowest BCUT2D eigenvalue weighted by Gasteiger charge is -2.24. The molecule has 0 saturated heterocycles. The third-order valence-corrected chi connectivity index (χ3v) is 8.99. The van der Waals surface area contributed by atoms with Crippen LogP contribution in [-0.4, -0.2) is 125 Å². The van der Waals surface area contributed by atoms with Gasteiger partial charge in [0.2, 0.25) is 0 Å². The maximum atomic E-state index is 12.3. The zero-order valence-corrected chi connectivity index (χ0v) is 39.0. The number of cyclic esters (lactones) is 2. The van der Waals surface area contributed by atoms with E-state index in [4.69, 9.17) is 34.6 Å². The van der Waals surface area contributed by atoms with E-state index in [0.29, 0.717) is 51.9 Å². The highest BCUT2D eigenvalue weighted by Gasteiger charge is 2.28. The van der Waals surface area contributed by atoms with Crippen LogP contribution in [0.2, 0.25) is 0 Å². The molecule has 0 aromatic carbocycles. The summed E-state index contributed by atoms with van der Waals surface area (Å²) in [4.78, 5) is 97.9. The average molecular weight is 949 g/mol. The smallest absolute Gasteiger partial charge is 0.338 e. The van der Waals surface area contributed by atoms with Gasteiger partial charge in [-0.05, 0) is 92.1 Å². The van der Waals surface area contributed by atoms with Gasteiger partial charge < -0.3 is 48.9 Å². The van der Waals surface area contributed by atoms with E-state index >= 15 is 0 Å². The van der Waals surface area contributed by atoms with Gasteiger partial charge in [-0.2, -0.15) is 0 Å². The van der Waals surface area contributed by atoms with E-state index < -0.39 is 52.8 Å². The number of hydrogen-bond acceptors (Lipinski definition) is 16. The first-order valence-electron chi connectivity index (χ1n) is 22.0. The number of aliphatic hydroxyl groups is 2. The van der Waals surface area contributed by atoms with Crippen molar-refractivity contribution in [3.8, 4) is 0 Å². The quantitative estimate of drug-likeness (QED) is 0.0161. The molecule has 0 fully saturated rings. The lowest BCUT2D eigenvalue weighted by Crippen LogP contribution is -2.36. The van der Waals surface area contributed by atoms with E-state index in [9.17, 15) is 43.2 Å². The molecule has 0 aromatic rings. The van der Waals surface area contributed by atoms with E-state index in [-0.39, 0.29) is 52.5 Å². The maximum Gasteiger partial charge on any atom is 0.338 e. The van der Waals surface area contributed by atoms with Crippen LogP contribution in [0.4, 0.5) is 0 Å². The van der Waals surface area contributed by atoms with Crippen LogP contribution in [0, 0.1) is 0 Å². The Kier molecular flexibility index (Phi) is 48.5. The number of carbonyl (C=O) groups is 9. The number of esters is 4. The van der Waals surface area contributed by atoms with Crippen molar-refractivity contribution in [2.75, 3.05) is 40.1 Å². The molecule has 0 atom stereocenters. The standard InChI is InChI=1S/C28H46O9.C8H18O2.C6H10O4.C4H2O3.2CH4/c1-22(29)15-11-12-16-23(30)27(2,3)36-20-14-10-8-7-9-13-19-35-26(33)21-37-28(4,5)24(31)17-18-25(32)34-6;9-7-5-3-1-2-4-6-8-10;7-5(8)3-1-2-4-6(9)10;5-3-1-2-4(6)7-3;;/h17-18H,7-16,19-21H2,1-6H3;9-10H,1-8H2;1-4H2,(H,7,8)(H,9,10);1-2H;2*1H4. The SMILES string of the molecule is C.C.COC(=O)C=CC(=O)C(C)(C)OCC(=O)OCCCCCCCCOC(C)(C)C(=O)CCCCC(C)=O.O=C(O)CCCCC(=O)O.O=C1C=CC(=O)O1.OCCCCCCCCO. The highest BCUT2D eigenvalue weighted by molar-refractivity contribution is 6.05. The Bertz CT molecular complexity index is 1390. The predicted octanol–water partition coefficient (Wildman–Crippen LogP) is 7.40. The number of carboxylic acid groups (broad SMARTS) is 2. The fraction of sp³-hybridized carbons (Fsp3) is 0.729. The van der Waals surface area contributed by atoms with Gasteiger partial charge in [0.05, 0.1) is 13.7 Å². The summed E-state index contributed by atoms with van der Waals surface area (Å²) in [5.41, 5.74) is -2.07. The highest BCUT2D eigenvalue weighted by atomic mass is 16.6. The van der Waals surface area contributed by atoms with Gasteiger partial charge in [-0.25, -0.2) is 19.2 Å². The summed E-state index contributed by atoms with van der Waals surface area (Å²) in [5, 5.41) is 33.1. The Hall–Kier alpha value is -4.65. The number of carboxylic acids is 2. The second kappa shape index (κ2) is 45.5. The molecule has 1 rings (SSSR count). The minimum absolute atomic E-state index is 0. The minimum Gasteiger partial charge on any atom is -0.481 e. The molecule has 4 N–H and O–H groups in total. The van der Waals surface area contributed by atoms with Gasteiger partial charge in [0.25, 0.3) is 0 Å². The summed E-state index contributed by atoms with van der Waals surface area (Å²) in [5.74, 6) is -4.34. The van der Waals surface area contributed by atoms with E-state index in [1.165, 1.54) is 33.8 Å². The monoisotopic (exact) mass is 949 g/mol. The molecule has 1 heterocycles. The lowest BCUT2D eigenvalue weighted by atomic mass is 9.97. The summed E-state index contributed by atoms with van der Waals surface area (Å²) >= 11 is 0. The number of rotatable bonds is 34. The third kappa shape index (κ3) is 48.8. The molecule has 0 bridgehead atoms. The zero-order chi connectivity index (χ0) is 49.2. The number of aliphatic hydroxyl groups excluding tert-OH is 2. The first-order valence-corrected chi connectivity index (χ1v) is 22.0. The van der Waals surface area contributed by atoms with Gasteiger partial charge in [0.15, 0.2) is 11.6 Å². The highest BCUT2D eigenvalue weighted by Crippen LogP contribution is 2.17. The summed E-state index contributed by atoms with van der Waals surface area (Å²) < 4.78 is 24.7. The molecule has 66 heavy (non-hydrogen) atoms. The fourth-order valence-corrected chi connectivity index (χ4v) is 5.02. The molecule has 1 aliphatic heterocycles. The van der Waals surface area contributed by atoms with E-state index in [2.05, 4.69) is 9.47 Å². The second-order valence-corrected chi connectivity index (χ2v) is 15.7. The molecule has 0 aliphatic carbocycles. The molecule has 18 heteroatoms. The average Bonchev–Trinajstić information content (AvgIpc) is 3.63. The van der Waals surface area contributed by atoms with Gasteiger partial charge in [0, 0.05) is 63.7 Å². The molecule has 1 aliphatic rings. The van der Waals surface area contributed by atoms with Crippen molar-refractivity contribution in [2.45, 2.75) is 189 Å². The number of ether oxygens (including phenoxy) is 5. The van der Waals surface area contributed by atoms with Crippen LogP contribution < -0.4 is 0 Å². The molecule has 0 saturated carbocycles. The fourth-order valence-electron chi connectivity index (χ4n) is 5.02. The first kappa shape index (κ1) is 70.4. The van der Waals surface area contributed by atoms with Crippen molar-refractivity contribution in [1.82, 2.24) is 0 Å². The Labute approximate surface area is 393 Å². The van der Waals surface area contributed by atoms with Crippen molar-refractivity contribution >= 4 is 53.2 Å². The molecule has 0 amide bonds. The number of unbranched alkanes of at least 4 members (excludes halogenated alkanes) is 12. The number of carbonyl (C=O) groups excluding carboxylic acids is 7. The van der Waals surface area contributed by atoms with Gasteiger partial charge in [-0.1, -0.05) is 66.2 Å². The largest absolute Gasteiger partial charge is 0.481 e. The number of methoxy groups -OCH3 is 1. The molecule has 0 unspecified atom stereocenters. The van der Waals surface area contributed by atoms with Crippen LogP contribution in [0.1, 0.15) is 178 Å². The number of hydrogen-bond donors (Lipinski definition) is 4. The summed E-state index contributed by atoms with van der Waals surface area (Å²) in [6, 6.07) is 0. The maximum absolute atomic E-state index is 12.3. The van der Waals surface area contributed by atoms with Crippen LogP contribution in [-0.2, 0) is 66.8 Å². The number of Topliss-reactive ketones (excluding diaryl/α,β-unsaturated/α-hetero) is 2. The first-order chi connectivity index (χ1) is 30.1. The molecule has 384 valence electrons. The summed E-state index contributed by atoms with van der Waals surface area (Å²) in [6.07, 6.45) is 19.7. The third-order valence-electron chi connectivity index (χ3n) is 8.99.